The highest BCUT2D eigenvalue weighted by molar-refractivity contribution is 9.10. The second kappa shape index (κ2) is 7.17. The molecule has 0 saturated heterocycles. The summed E-state index contributed by atoms with van der Waals surface area (Å²) in [4.78, 5) is 22.1. The van der Waals surface area contributed by atoms with E-state index in [4.69, 9.17) is 9.47 Å². The van der Waals surface area contributed by atoms with Crippen molar-refractivity contribution in [3.63, 3.8) is 0 Å². The maximum Gasteiger partial charge on any atom is 0.284 e. The fraction of sp³-hybridized carbons (Fsp3) is 0.364. The quantitative estimate of drug-likeness (QED) is 0.486. The van der Waals surface area contributed by atoms with Crippen LogP contribution in [0.25, 0.3) is 0 Å². The Balaban J connectivity index is 2.83. The van der Waals surface area contributed by atoms with E-state index in [-0.39, 0.29) is 22.3 Å². The number of amides is 1. The van der Waals surface area contributed by atoms with Crippen molar-refractivity contribution in [2.45, 2.75) is 6.29 Å². The molecule has 0 aromatic heterocycles. The molecule has 0 unspecified atom stereocenters. The van der Waals surface area contributed by atoms with Crippen LogP contribution in [0.4, 0.5) is 5.69 Å². The molecule has 0 bridgehead atoms. The van der Waals surface area contributed by atoms with E-state index in [9.17, 15) is 14.9 Å². The molecule has 8 heteroatoms. The van der Waals surface area contributed by atoms with Crippen LogP contribution >= 0.6 is 15.9 Å². The molecule has 1 aromatic carbocycles. The summed E-state index contributed by atoms with van der Waals surface area (Å²) in [6, 6.07) is 4.25. The molecule has 0 aliphatic rings. The number of carbonyl (C=O) groups excluding carboxylic acids is 1. The summed E-state index contributed by atoms with van der Waals surface area (Å²) >= 11 is 3.06. The second-order valence-electron chi connectivity index (χ2n) is 3.51. The largest absolute Gasteiger partial charge is 0.354 e. The van der Waals surface area contributed by atoms with Crippen molar-refractivity contribution < 1.29 is 19.2 Å². The lowest BCUT2D eigenvalue weighted by atomic mass is 10.2. The number of benzene rings is 1. The molecule has 1 N–H and O–H groups in total. The van der Waals surface area contributed by atoms with Gasteiger partial charge in [-0.2, -0.15) is 0 Å². The molecular formula is C11H13BrN2O5. The lowest BCUT2D eigenvalue weighted by Crippen LogP contribution is -2.34. The van der Waals surface area contributed by atoms with E-state index in [1.165, 1.54) is 32.4 Å². The van der Waals surface area contributed by atoms with Crippen molar-refractivity contribution in [3.05, 3.63) is 38.3 Å². The Bertz CT molecular complexity index is 476. The Hall–Kier alpha value is -1.51. The number of carbonyl (C=O) groups is 1. The highest BCUT2D eigenvalue weighted by Gasteiger charge is 2.19. The Morgan fingerprint density at radius 1 is 1.47 bits per heavy atom. The van der Waals surface area contributed by atoms with Gasteiger partial charge in [-0.25, -0.2) is 0 Å². The number of hydrogen-bond acceptors (Lipinski definition) is 5. The summed E-state index contributed by atoms with van der Waals surface area (Å²) in [5.41, 5.74) is 0.0165. The summed E-state index contributed by atoms with van der Waals surface area (Å²) < 4.78 is 9.98. The van der Waals surface area contributed by atoms with Crippen molar-refractivity contribution >= 4 is 27.5 Å². The van der Waals surface area contributed by atoms with E-state index in [0.717, 1.165) is 0 Å². The van der Waals surface area contributed by atoms with Crippen molar-refractivity contribution in [2.24, 2.45) is 0 Å². The SMILES string of the molecule is COC(CNC(=O)c1cccc([N+](=O)[O-])c1Br)OC. The summed E-state index contributed by atoms with van der Waals surface area (Å²) in [6.07, 6.45) is -0.568. The molecule has 19 heavy (non-hydrogen) atoms. The minimum absolute atomic E-state index is 0.140. The predicted octanol–water partition coefficient (Wildman–Crippen LogP) is 1.71. The Morgan fingerprint density at radius 3 is 2.63 bits per heavy atom. The molecule has 0 saturated carbocycles. The normalized spacial score (nSPS) is 10.5. The fourth-order valence-electron chi connectivity index (χ4n) is 1.37. The Morgan fingerprint density at radius 2 is 2.11 bits per heavy atom. The topological polar surface area (TPSA) is 90.7 Å². The van der Waals surface area contributed by atoms with E-state index in [1.807, 2.05) is 0 Å². The van der Waals surface area contributed by atoms with Gasteiger partial charge < -0.3 is 14.8 Å². The first-order chi connectivity index (χ1) is 9.01. The zero-order valence-electron chi connectivity index (χ0n) is 10.4. The van der Waals surface area contributed by atoms with Crippen LogP contribution in [0, 0.1) is 10.1 Å². The standard InChI is InChI=1S/C11H13BrN2O5/c1-18-9(19-2)6-13-11(15)7-4-3-5-8(10(7)12)14(16)17/h3-5,9H,6H2,1-2H3,(H,13,15). The molecule has 0 heterocycles. The first-order valence-electron chi connectivity index (χ1n) is 5.28. The number of halogens is 1. The zero-order chi connectivity index (χ0) is 14.4. The summed E-state index contributed by atoms with van der Waals surface area (Å²) in [5.74, 6) is -0.449. The van der Waals surface area contributed by atoms with Crippen LogP contribution in [-0.2, 0) is 9.47 Å². The van der Waals surface area contributed by atoms with Crippen molar-refractivity contribution in [3.8, 4) is 0 Å². The van der Waals surface area contributed by atoms with Gasteiger partial charge in [0.05, 0.1) is 17.0 Å². The molecule has 0 aliphatic heterocycles. The molecule has 7 nitrogen and oxygen atoms in total. The van der Waals surface area contributed by atoms with Gasteiger partial charge in [0.15, 0.2) is 6.29 Å². The van der Waals surface area contributed by atoms with Crippen LogP contribution in [0.5, 0.6) is 0 Å². The number of hydrogen-bond donors (Lipinski definition) is 1. The highest BCUT2D eigenvalue weighted by atomic mass is 79.9. The lowest BCUT2D eigenvalue weighted by Gasteiger charge is -2.14. The summed E-state index contributed by atoms with van der Waals surface area (Å²) in [6.45, 7) is 0.140. The first-order valence-corrected chi connectivity index (χ1v) is 6.07. The predicted molar refractivity (Wildman–Crippen MR) is 70.9 cm³/mol. The van der Waals surface area contributed by atoms with E-state index >= 15 is 0 Å². The van der Waals surface area contributed by atoms with Crippen LogP contribution in [-0.4, -0.2) is 37.9 Å². The number of nitrogens with zero attached hydrogens (tertiary/aromatic N) is 1. The third-order valence-electron chi connectivity index (χ3n) is 2.37. The van der Waals surface area contributed by atoms with Crippen LogP contribution in [0.2, 0.25) is 0 Å². The smallest absolute Gasteiger partial charge is 0.284 e. The summed E-state index contributed by atoms with van der Waals surface area (Å²) in [7, 11) is 2.90. The molecule has 104 valence electrons. The van der Waals surface area contributed by atoms with Gasteiger partial charge in [-0.1, -0.05) is 6.07 Å². The minimum atomic E-state index is -0.568. The third-order valence-corrected chi connectivity index (χ3v) is 3.21. The third kappa shape index (κ3) is 3.98. The second-order valence-corrected chi connectivity index (χ2v) is 4.30. The molecule has 1 rings (SSSR count). The first kappa shape index (κ1) is 15.5. The van der Waals surface area contributed by atoms with Gasteiger partial charge >= 0.3 is 0 Å². The van der Waals surface area contributed by atoms with Crippen molar-refractivity contribution in [2.75, 3.05) is 20.8 Å². The van der Waals surface area contributed by atoms with E-state index in [2.05, 4.69) is 21.2 Å². The van der Waals surface area contributed by atoms with Gasteiger partial charge in [0, 0.05) is 20.3 Å². The van der Waals surface area contributed by atoms with Crippen LogP contribution in [0.1, 0.15) is 10.4 Å². The average molecular weight is 333 g/mol. The van der Waals surface area contributed by atoms with E-state index < -0.39 is 17.1 Å². The number of nitro benzene ring substituents is 1. The summed E-state index contributed by atoms with van der Waals surface area (Å²) in [5, 5.41) is 13.3. The number of methoxy groups -OCH3 is 2. The monoisotopic (exact) mass is 332 g/mol. The number of nitrogens with one attached hydrogen (secondary N) is 1. The molecule has 0 radical (unpaired) electrons. The number of rotatable bonds is 6. The zero-order valence-corrected chi connectivity index (χ0v) is 12.0. The number of ether oxygens (including phenoxy) is 2. The van der Waals surface area contributed by atoms with Gasteiger partial charge in [0.2, 0.25) is 0 Å². The molecule has 0 spiro atoms. The average Bonchev–Trinajstić information content (AvgIpc) is 2.39. The van der Waals surface area contributed by atoms with Crippen molar-refractivity contribution in [1.82, 2.24) is 5.32 Å². The molecule has 1 amide bonds. The van der Waals surface area contributed by atoms with Crippen LogP contribution in [0.15, 0.2) is 22.7 Å². The van der Waals surface area contributed by atoms with Gasteiger partial charge in [-0.3, -0.25) is 14.9 Å². The van der Waals surface area contributed by atoms with Gasteiger partial charge in [-0.05, 0) is 22.0 Å². The van der Waals surface area contributed by atoms with Crippen LogP contribution in [0.3, 0.4) is 0 Å². The lowest BCUT2D eigenvalue weighted by molar-refractivity contribution is -0.385. The van der Waals surface area contributed by atoms with Gasteiger partial charge in [0.1, 0.15) is 4.47 Å². The van der Waals surface area contributed by atoms with E-state index in [0.29, 0.717) is 0 Å². The van der Waals surface area contributed by atoms with Crippen molar-refractivity contribution in [1.29, 1.82) is 0 Å². The molecule has 0 fully saturated rings. The Kier molecular flexibility index (Phi) is 5.87. The van der Waals surface area contributed by atoms with E-state index in [1.54, 1.807) is 0 Å². The van der Waals surface area contributed by atoms with Gasteiger partial charge in [0.25, 0.3) is 11.6 Å². The van der Waals surface area contributed by atoms with Crippen LogP contribution < -0.4 is 5.32 Å². The molecule has 1 aromatic rings. The van der Waals surface area contributed by atoms with Gasteiger partial charge in [-0.15, -0.1) is 0 Å². The fourth-order valence-corrected chi connectivity index (χ4v) is 1.96. The Labute approximate surface area is 118 Å². The molecule has 0 aliphatic carbocycles. The minimum Gasteiger partial charge on any atom is -0.354 e. The highest BCUT2D eigenvalue weighted by Crippen LogP contribution is 2.28. The maximum atomic E-state index is 11.9. The molecular weight excluding hydrogens is 320 g/mol. The number of nitro groups is 1. The molecule has 0 atom stereocenters. The maximum absolute atomic E-state index is 11.9.